The number of thioether (sulfide) groups is 2. The molecule has 3 rings (SSSR count). The summed E-state index contributed by atoms with van der Waals surface area (Å²) in [6.07, 6.45) is 0. The molecule has 3 nitrogen and oxygen atoms in total. The van der Waals surface area contributed by atoms with Crippen molar-refractivity contribution in [3.05, 3.63) is 77.4 Å². The fourth-order valence-electron chi connectivity index (χ4n) is 2.88. The molecular weight excluding hydrogens is 400 g/mol. The molecule has 0 saturated carbocycles. The minimum Gasteiger partial charge on any atom is -0.493 e. The first kappa shape index (κ1) is 21.5. The maximum atomic E-state index is 5.58. The average Bonchev–Trinajstić information content (AvgIpc) is 2.75. The SMILES string of the molecule is COc1cc(C(Sc2ccc(C)cc2)Sc2ccc(C)cc2)cc(OC)c1OC. The van der Waals surface area contributed by atoms with E-state index in [1.54, 1.807) is 21.3 Å². The first-order chi connectivity index (χ1) is 14.0. The number of rotatable bonds is 8. The molecule has 0 heterocycles. The van der Waals surface area contributed by atoms with Crippen LogP contribution in [-0.2, 0) is 0 Å². The fourth-order valence-corrected chi connectivity index (χ4v) is 5.36. The predicted octanol–water partition coefficient (Wildman–Crippen LogP) is 6.91. The Labute approximate surface area is 181 Å². The Morgan fingerprint density at radius 1 is 0.621 bits per heavy atom. The van der Waals surface area contributed by atoms with Crippen LogP contribution in [0.15, 0.2) is 70.5 Å². The molecule has 0 aliphatic heterocycles. The number of benzene rings is 3. The molecule has 3 aromatic carbocycles. The van der Waals surface area contributed by atoms with Crippen molar-refractivity contribution < 1.29 is 14.2 Å². The second-order valence-electron chi connectivity index (χ2n) is 6.65. The average molecular weight is 427 g/mol. The van der Waals surface area contributed by atoms with Gasteiger partial charge in [0.1, 0.15) is 0 Å². The lowest BCUT2D eigenvalue weighted by molar-refractivity contribution is 0.324. The van der Waals surface area contributed by atoms with Crippen LogP contribution in [0.2, 0.25) is 0 Å². The van der Waals surface area contributed by atoms with E-state index in [0.717, 1.165) is 5.56 Å². The number of ether oxygens (including phenoxy) is 3. The van der Waals surface area contributed by atoms with Crippen LogP contribution in [0.5, 0.6) is 17.2 Å². The van der Waals surface area contributed by atoms with Crippen molar-refractivity contribution in [2.24, 2.45) is 0 Å². The standard InChI is InChI=1S/C24H26O3S2/c1-16-6-10-19(11-7-16)28-24(29-20-12-8-17(2)9-13-20)18-14-21(25-3)23(27-5)22(15-18)26-4/h6-15,24H,1-5H3. The van der Waals surface area contributed by atoms with E-state index in [0.29, 0.717) is 17.2 Å². The molecular formula is C24H26O3S2. The van der Waals surface area contributed by atoms with Gasteiger partial charge in [0.2, 0.25) is 5.75 Å². The highest BCUT2D eigenvalue weighted by Gasteiger charge is 2.21. The monoisotopic (exact) mass is 426 g/mol. The van der Waals surface area contributed by atoms with Gasteiger partial charge in [0.15, 0.2) is 11.5 Å². The van der Waals surface area contributed by atoms with E-state index in [2.05, 4.69) is 62.4 Å². The molecule has 0 N–H and O–H groups in total. The number of aryl methyl sites for hydroxylation is 2. The van der Waals surface area contributed by atoms with E-state index in [1.807, 2.05) is 35.7 Å². The first-order valence-electron chi connectivity index (χ1n) is 9.30. The molecule has 0 aromatic heterocycles. The van der Waals surface area contributed by atoms with Gasteiger partial charge >= 0.3 is 0 Å². The summed E-state index contributed by atoms with van der Waals surface area (Å²) >= 11 is 3.62. The van der Waals surface area contributed by atoms with Crippen molar-refractivity contribution in [1.29, 1.82) is 0 Å². The Kier molecular flexibility index (Phi) is 7.40. The van der Waals surface area contributed by atoms with E-state index in [-0.39, 0.29) is 4.58 Å². The van der Waals surface area contributed by atoms with Crippen molar-refractivity contribution >= 4 is 23.5 Å². The Bertz CT molecular complexity index is 865. The molecule has 0 saturated heterocycles. The van der Waals surface area contributed by atoms with Crippen LogP contribution >= 0.6 is 23.5 Å². The highest BCUT2D eigenvalue weighted by molar-refractivity contribution is 8.16. The van der Waals surface area contributed by atoms with Crippen LogP contribution in [0.4, 0.5) is 0 Å². The van der Waals surface area contributed by atoms with Gasteiger partial charge in [-0.2, -0.15) is 0 Å². The third kappa shape index (κ3) is 5.43. The molecule has 0 aliphatic rings. The van der Waals surface area contributed by atoms with E-state index < -0.39 is 0 Å². The topological polar surface area (TPSA) is 27.7 Å². The van der Waals surface area contributed by atoms with Crippen molar-refractivity contribution in [3.63, 3.8) is 0 Å². The van der Waals surface area contributed by atoms with E-state index in [4.69, 9.17) is 14.2 Å². The quantitative estimate of drug-likeness (QED) is 0.288. The van der Waals surface area contributed by atoms with Crippen LogP contribution in [0.3, 0.4) is 0 Å². The summed E-state index contributed by atoms with van der Waals surface area (Å²) in [7, 11) is 4.92. The van der Waals surface area contributed by atoms with E-state index in [1.165, 1.54) is 20.9 Å². The maximum absolute atomic E-state index is 5.58. The number of methoxy groups -OCH3 is 3. The zero-order valence-corrected chi connectivity index (χ0v) is 19.0. The van der Waals surface area contributed by atoms with E-state index >= 15 is 0 Å². The Balaban J connectivity index is 2.01. The van der Waals surface area contributed by atoms with Crippen molar-refractivity contribution in [1.82, 2.24) is 0 Å². The number of hydrogen-bond acceptors (Lipinski definition) is 5. The zero-order chi connectivity index (χ0) is 20.8. The van der Waals surface area contributed by atoms with Gasteiger partial charge in [-0.15, -0.1) is 23.5 Å². The molecule has 152 valence electrons. The normalized spacial score (nSPS) is 10.8. The van der Waals surface area contributed by atoms with Crippen LogP contribution in [-0.4, -0.2) is 21.3 Å². The van der Waals surface area contributed by atoms with Gasteiger partial charge in [0.05, 0.1) is 25.9 Å². The fraction of sp³-hybridized carbons (Fsp3) is 0.250. The van der Waals surface area contributed by atoms with E-state index in [9.17, 15) is 0 Å². The molecule has 0 radical (unpaired) electrons. The van der Waals surface area contributed by atoms with Crippen molar-refractivity contribution in [2.45, 2.75) is 28.2 Å². The Morgan fingerprint density at radius 2 is 1.03 bits per heavy atom. The lowest BCUT2D eigenvalue weighted by Gasteiger charge is -2.20. The second-order valence-corrected chi connectivity index (χ2v) is 9.31. The minimum atomic E-state index is 0.120. The van der Waals surface area contributed by atoms with Gasteiger partial charge < -0.3 is 14.2 Å². The van der Waals surface area contributed by atoms with Gasteiger partial charge in [-0.3, -0.25) is 0 Å². The van der Waals surface area contributed by atoms with Crippen molar-refractivity contribution in [3.8, 4) is 17.2 Å². The van der Waals surface area contributed by atoms with Gasteiger partial charge in [0, 0.05) is 9.79 Å². The number of hydrogen-bond donors (Lipinski definition) is 0. The van der Waals surface area contributed by atoms with Gasteiger partial charge in [0.25, 0.3) is 0 Å². The van der Waals surface area contributed by atoms with Gasteiger partial charge in [-0.05, 0) is 55.8 Å². The molecule has 3 aromatic rings. The third-order valence-electron chi connectivity index (χ3n) is 4.49. The highest BCUT2D eigenvalue weighted by atomic mass is 32.2. The van der Waals surface area contributed by atoms with Crippen LogP contribution in [0, 0.1) is 13.8 Å². The van der Waals surface area contributed by atoms with Crippen LogP contribution in [0.25, 0.3) is 0 Å². The first-order valence-corrected chi connectivity index (χ1v) is 11.1. The third-order valence-corrected chi connectivity index (χ3v) is 7.13. The summed E-state index contributed by atoms with van der Waals surface area (Å²) in [6, 6.07) is 21.3. The minimum absolute atomic E-state index is 0.120. The highest BCUT2D eigenvalue weighted by Crippen LogP contribution is 2.50. The molecule has 5 heteroatoms. The molecule has 0 amide bonds. The molecule has 0 unspecified atom stereocenters. The van der Waals surface area contributed by atoms with Crippen LogP contribution in [0.1, 0.15) is 21.3 Å². The zero-order valence-electron chi connectivity index (χ0n) is 17.4. The predicted molar refractivity (Wildman–Crippen MR) is 123 cm³/mol. The summed E-state index contributed by atoms with van der Waals surface area (Å²) in [4.78, 5) is 2.43. The van der Waals surface area contributed by atoms with Gasteiger partial charge in [-0.1, -0.05) is 35.4 Å². The Morgan fingerprint density at radius 3 is 1.38 bits per heavy atom. The molecule has 0 bridgehead atoms. The summed E-state index contributed by atoms with van der Waals surface area (Å²) in [5.74, 6) is 1.94. The molecule has 0 atom stereocenters. The molecule has 29 heavy (non-hydrogen) atoms. The molecule has 0 spiro atoms. The maximum Gasteiger partial charge on any atom is 0.203 e. The lowest BCUT2D eigenvalue weighted by Crippen LogP contribution is -1.98. The van der Waals surface area contributed by atoms with Crippen LogP contribution < -0.4 is 14.2 Å². The summed E-state index contributed by atoms with van der Waals surface area (Å²) < 4.78 is 16.8. The summed E-state index contributed by atoms with van der Waals surface area (Å²) in [5.41, 5.74) is 3.62. The smallest absolute Gasteiger partial charge is 0.203 e. The Hall–Kier alpha value is -2.24. The summed E-state index contributed by atoms with van der Waals surface area (Å²) in [6.45, 7) is 4.21. The molecule has 0 fully saturated rings. The lowest BCUT2D eigenvalue weighted by atomic mass is 10.2. The molecule has 0 aliphatic carbocycles. The van der Waals surface area contributed by atoms with Gasteiger partial charge in [-0.25, -0.2) is 0 Å². The second kappa shape index (κ2) is 9.99. The van der Waals surface area contributed by atoms with Crippen molar-refractivity contribution in [2.75, 3.05) is 21.3 Å². The largest absolute Gasteiger partial charge is 0.493 e. The summed E-state index contributed by atoms with van der Waals surface area (Å²) in [5, 5.41) is 0.